The summed E-state index contributed by atoms with van der Waals surface area (Å²) in [6.45, 7) is 0.855. The van der Waals surface area contributed by atoms with Crippen LogP contribution >= 0.6 is 0 Å². The molecule has 10 heteroatoms. The summed E-state index contributed by atoms with van der Waals surface area (Å²) in [5.41, 5.74) is 0.638. The minimum atomic E-state index is -1.08. The number of benzene rings is 2. The number of hydrogen-bond acceptors (Lipinski definition) is 8. The Labute approximate surface area is 183 Å². The van der Waals surface area contributed by atoms with Crippen LogP contribution < -0.4 is 0 Å². The molecule has 10 nitrogen and oxygen atoms in total. The summed E-state index contributed by atoms with van der Waals surface area (Å²) in [5, 5.41) is 17.6. The first kappa shape index (κ1) is 24.5. The maximum absolute atomic E-state index is 11.8. The van der Waals surface area contributed by atoms with Gasteiger partial charge >= 0.3 is 23.9 Å². The van der Waals surface area contributed by atoms with E-state index in [1.54, 1.807) is 0 Å². The van der Waals surface area contributed by atoms with Gasteiger partial charge < -0.3 is 29.2 Å². The van der Waals surface area contributed by atoms with Crippen LogP contribution in [0.15, 0.2) is 48.5 Å². The zero-order valence-corrected chi connectivity index (χ0v) is 17.0. The van der Waals surface area contributed by atoms with Gasteiger partial charge in [0.15, 0.2) is 0 Å². The third-order valence-electron chi connectivity index (χ3n) is 4.03. The van der Waals surface area contributed by atoms with Crippen molar-refractivity contribution in [2.75, 3.05) is 39.6 Å². The Morgan fingerprint density at radius 1 is 0.500 bits per heavy atom. The summed E-state index contributed by atoms with van der Waals surface area (Å²) < 4.78 is 20.6. The number of carboxylic acids is 2. The second-order valence-electron chi connectivity index (χ2n) is 6.26. The van der Waals surface area contributed by atoms with Crippen LogP contribution in [0.4, 0.5) is 0 Å². The first-order chi connectivity index (χ1) is 15.4. The number of carboxylic acid groups (broad SMARTS) is 2. The van der Waals surface area contributed by atoms with Crippen molar-refractivity contribution >= 4 is 23.9 Å². The second-order valence-corrected chi connectivity index (χ2v) is 6.26. The minimum absolute atomic E-state index is 0.0256. The Bertz CT molecular complexity index is 841. The van der Waals surface area contributed by atoms with Crippen molar-refractivity contribution in [2.45, 2.75) is 0 Å². The molecule has 0 bridgehead atoms. The molecule has 0 aromatic heterocycles. The molecule has 2 N–H and O–H groups in total. The van der Waals surface area contributed by atoms with Gasteiger partial charge in [-0.05, 0) is 48.5 Å². The zero-order chi connectivity index (χ0) is 23.3. The van der Waals surface area contributed by atoms with Crippen LogP contribution in [0.1, 0.15) is 41.4 Å². The zero-order valence-electron chi connectivity index (χ0n) is 17.0. The van der Waals surface area contributed by atoms with E-state index in [-0.39, 0.29) is 61.9 Å². The average Bonchev–Trinajstić information content (AvgIpc) is 2.80. The fourth-order valence-corrected chi connectivity index (χ4v) is 2.37. The maximum atomic E-state index is 11.8. The molecule has 32 heavy (non-hydrogen) atoms. The van der Waals surface area contributed by atoms with Crippen LogP contribution in [0.25, 0.3) is 0 Å². The van der Waals surface area contributed by atoms with E-state index in [2.05, 4.69) is 0 Å². The molecule has 0 amide bonds. The molecule has 0 aliphatic carbocycles. The lowest BCUT2D eigenvalue weighted by molar-refractivity contribution is 0.00229. The number of hydrogen-bond donors (Lipinski definition) is 2. The van der Waals surface area contributed by atoms with Crippen molar-refractivity contribution in [2.24, 2.45) is 0 Å². The molecule has 0 fully saturated rings. The Hall–Kier alpha value is -3.76. The van der Waals surface area contributed by atoms with Crippen LogP contribution in [0.5, 0.6) is 0 Å². The van der Waals surface area contributed by atoms with Gasteiger partial charge in [0, 0.05) is 0 Å². The maximum Gasteiger partial charge on any atom is 0.338 e. The monoisotopic (exact) mass is 446 g/mol. The number of aromatic carboxylic acids is 2. The van der Waals surface area contributed by atoms with E-state index in [4.69, 9.17) is 29.2 Å². The molecule has 0 saturated heterocycles. The van der Waals surface area contributed by atoms with E-state index >= 15 is 0 Å². The van der Waals surface area contributed by atoms with Gasteiger partial charge in [-0.3, -0.25) is 0 Å². The Morgan fingerprint density at radius 3 is 1.09 bits per heavy atom. The minimum Gasteiger partial charge on any atom is -0.478 e. The standard InChI is InChI=1S/C22H22O10/c23-19(24)15-1-5-17(6-2-15)21(27)31-13-11-29-9-10-30-12-14-32-22(28)18-7-3-16(4-8-18)20(25)26/h1-8H,9-14H2,(H,23,24)(H,25,26). The van der Waals surface area contributed by atoms with E-state index in [1.165, 1.54) is 48.5 Å². The number of carbonyl (C=O) groups is 4. The van der Waals surface area contributed by atoms with E-state index < -0.39 is 23.9 Å². The van der Waals surface area contributed by atoms with Gasteiger partial charge in [0.05, 0.1) is 48.7 Å². The Kier molecular flexibility index (Phi) is 9.82. The third kappa shape index (κ3) is 8.17. The van der Waals surface area contributed by atoms with Crippen LogP contribution in [0, 0.1) is 0 Å². The highest BCUT2D eigenvalue weighted by Crippen LogP contribution is 2.07. The fraction of sp³-hybridized carbons (Fsp3) is 0.273. The summed E-state index contributed by atoms with van der Waals surface area (Å²) in [5.74, 6) is -3.32. The largest absolute Gasteiger partial charge is 0.478 e. The molecule has 0 spiro atoms. The van der Waals surface area contributed by atoms with E-state index in [1.807, 2.05) is 0 Å². The van der Waals surface area contributed by atoms with Gasteiger partial charge in [-0.25, -0.2) is 19.2 Å². The molecule has 2 rings (SSSR count). The molecule has 0 aliphatic heterocycles. The van der Waals surface area contributed by atoms with Gasteiger partial charge in [-0.15, -0.1) is 0 Å². The van der Waals surface area contributed by atoms with Gasteiger partial charge in [-0.2, -0.15) is 0 Å². The quantitative estimate of drug-likeness (QED) is 0.346. The average molecular weight is 446 g/mol. The molecule has 2 aromatic rings. The first-order valence-corrected chi connectivity index (χ1v) is 9.55. The van der Waals surface area contributed by atoms with E-state index in [9.17, 15) is 19.2 Å². The van der Waals surface area contributed by atoms with Crippen molar-refractivity contribution < 1.29 is 48.3 Å². The highest BCUT2D eigenvalue weighted by Gasteiger charge is 2.10. The number of carbonyl (C=O) groups excluding carboxylic acids is 2. The summed E-state index contributed by atoms with van der Waals surface area (Å²) in [4.78, 5) is 45.2. The van der Waals surface area contributed by atoms with Crippen molar-refractivity contribution in [3.05, 3.63) is 70.8 Å². The lowest BCUT2D eigenvalue weighted by Gasteiger charge is -2.08. The molecule has 0 atom stereocenters. The lowest BCUT2D eigenvalue weighted by atomic mass is 10.1. The predicted molar refractivity (Wildman–Crippen MR) is 109 cm³/mol. The summed E-state index contributed by atoms with van der Waals surface area (Å²) in [7, 11) is 0. The lowest BCUT2D eigenvalue weighted by Crippen LogP contribution is -2.15. The van der Waals surface area contributed by atoms with Gasteiger partial charge in [0.25, 0.3) is 0 Å². The normalized spacial score (nSPS) is 10.4. The van der Waals surface area contributed by atoms with Gasteiger partial charge in [0.2, 0.25) is 0 Å². The molecule has 0 unspecified atom stereocenters. The summed E-state index contributed by atoms with van der Waals surface area (Å²) >= 11 is 0. The Morgan fingerprint density at radius 2 is 0.781 bits per heavy atom. The van der Waals surface area contributed by atoms with Crippen LogP contribution in [-0.4, -0.2) is 73.7 Å². The van der Waals surface area contributed by atoms with Gasteiger partial charge in [-0.1, -0.05) is 0 Å². The highest BCUT2D eigenvalue weighted by atomic mass is 16.6. The number of rotatable bonds is 13. The predicted octanol–water partition coefficient (Wildman–Crippen LogP) is 2.13. The van der Waals surface area contributed by atoms with Crippen LogP contribution in [0.3, 0.4) is 0 Å². The SMILES string of the molecule is O=C(O)c1ccc(C(=O)OCCOCCOCCOC(=O)c2ccc(C(=O)O)cc2)cc1. The van der Waals surface area contributed by atoms with E-state index in [0.29, 0.717) is 0 Å². The molecule has 0 radical (unpaired) electrons. The van der Waals surface area contributed by atoms with Gasteiger partial charge in [0.1, 0.15) is 13.2 Å². The van der Waals surface area contributed by atoms with Crippen LogP contribution in [-0.2, 0) is 18.9 Å². The summed E-state index contributed by atoms with van der Waals surface area (Å²) in [6, 6.07) is 10.8. The fourth-order valence-electron chi connectivity index (χ4n) is 2.37. The first-order valence-electron chi connectivity index (χ1n) is 9.55. The summed E-state index contributed by atoms with van der Waals surface area (Å²) in [6.07, 6.45) is 0. The van der Waals surface area contributed by atoms with Crippen molar-refractivity contribution in [1.82, 2.24) is 0 Å². The smallest absolute Gasteiger partial charge is 0.338 e. The number of esters is 2. The molecule has 0 saturated carbocycles. The van der Waals surface area contributed by atoms with Crippen molar-refractivity contribution in [3.63, 3.8) is 0 Å². The second kappa shape index (κ2) is 12.8. The molecule has 170 valence electrons. The highest BCUT2D eigenvalue weighted by molar-refractivity contribution is 5.93. The third-order valence-corrected chi connectivity index (χ3v) is 4.03. The molecule has 2 aromatic carbocycles. The van der Waals surface area contributed by atoms with E-state index in [0.717, 1.165) is 0 Å². The Balaban J connectivity index is 1.49. The topological polar surface area (TPSA) is 146 Å². The van der Waals surface area contributed by atoms with Crippen molar-refractivity contribution in [3.8, 4) is 0 Å². The van der Waals surface area contributed by atoms with Crippen LogP contribution in [0.2, 0.25) is 0 Å². The molecular formula is C22H22O10. The molecular weight excluding hydrogens is 424 g/mol. The number of ether oxygens (including phenoxy) is 4. The molecule has 0 heterocycles. The van der Waals surface area contributed by atoms with Crippen molar-refractivity contribution in [1.29, 1.82) is 0 Å². The molecule has 0 aliphatic rings.